The highest BCUT2D eigenvalue weighted by molar-refractivity contribution is 9.11. The number of nitrogens with zero attached hydrogens (tertiary/aromatic N) is 2. The molecule has 1 fully saturated rings. The Balaban J connectivity index is 1.57. The van der Waals surface area contributed by atoms with E-state index >= 15 is 0 Å². The first kappa shape index (κ1) is 21.7. The monoisotopic (exact) mass is 498 g/mol. The molecule has 2 aromatic rings. The quantitative estimate of drug-likeness (QED) is 0.467. The van der Waals surface area contributed by atoms with Crippen LogP contribution < -0.4 is 0 Å². The zero-order chi connectivity index (χ0) is 21.0. The summed E-state index contributed by atoms with van der Waals surface area (Å²) in [6.07, 6.45) is 3.11. The fourth-order valence-electron chi connectivity index (χ4n) is 2.83. The molecule has 1 aliphatic heterocycles. The van der Waals surface area contributed by atoms with Gasteiger partial charge in [0.1, 0.15) is 4.21 Å². The third-order valence-electron chi connectivity index (χ3n) is 4.44. The van der Waals surface area contributed by atoms with Crippen molar-refractivity contribution < 1.29 is 22.7 Å². The summed E-state index contributed by atoms with van der Waals surface area (Å²) in [5, 5.41) is 0. The molecule has 0 bridgehead atoms. The first-order valence-electron chi connectivity index (χ1n) is 8.72. The van der Waals surface area contributed by atoms with E-state index in [1.807, 2.05) is 0 Å². The standard InChI is InChI=1S/C19H19BrN2O5S2/c1-27-19(24)15-5-2-14(3-6-15)4-8-17(23)21-10-12-22(13-11-21)29(25,26)18-9-7-16(20)28-18/h2-9H,10-13H2,1H3. The number of amides is 1. The van der Waals surface area contributed by atoms with Gasteiger partial charge in [0.2, 0.25) is 5.91 Å². The van der Waals surface area contributed by atoms with E-state index in [1.165, 1.54) is 28.8 Å². The molecule has 1 aromatic heterocycles. The smallest absolute Gasteiger partial charge is 0.337 e. The molecule has 0 aliphatic carbocycles. The highest BCUT2D eigenvalue weighted by Crippen LogP contribution is 2.29. The van der Waals surface area contributed by atoms with Gasteiger partial charge < -0.3 is 9.64 Å². The molecular formula is C19H19BrN2O5S2. The van der Waals surface area contributed by atoms with Crippen LogP contribution in [-0.4, -0.2) is 62.8 Å². The Morgan fingerprint density at radius 3 is 2.28 bits per heavy atom. The molecule has 3 rings (SSSR count). The minimum absolute atomic E-state index is 0.182. The number of benzene rings is 1. The van der Waals surface area contributed by atoms with Gasteiger partial charge in [0, 0.05) is 32.3 Å². The van der Waals surface area contributed by atoms with Gasteiger partial charge in [-0.25, -0.2) is 13.2 Å². The van der Waals surface area contributed by atoms with Crippen LogP contribution in [0.15, 0.2) is 50.5 Å². The highest BCUT2D eigenvalue weighted by Gasteiger charge is 2.30. The van der Waals surface area contributed by atoms with E-state index in [0.717, 1.165) is 9.35 Å². The fraction of sp³-hybridized carbons (Fsp3) is 0.263. The lowest BCUT2D eigenvalue weighted by molar-refractivity contribution is -0.127. The lowest BCUT2D eigenvalue weighted by Gasteiger charge is -2.33. The number of thiophene rings is 1. The minimum Gasteiger partial charge on any atom is -0.465 e. The molecule has 7 nitrogen and oxygen atoms in total. The molecule has 1 aromatic carbocycles. The Bertz CT molecular complexity index is 1020. The lowest BCUT2D eigenvalue weighted by Crippen LogP contribution is -2.50. The highest BCUT2D eigenvalue weighted by atomic mass is 79.9. The summed E-state index contributed by atoms with van der Waals surface area (Å²) >= 11 is 4.45. The topological polar surface area (TPSA) is 84.0 Å². The summed E-state index contributed by atoms with van der Waals surface area (Å²) < 4.78 is 32.4. The van der Waals surface area contributed by atoms with Gasteiger partial charge in [-0.3, -0.25) is 4.79 Å². The number of carbonyl (C=O) groups is 2. The third-order valence-corrected chi connectivity index (χ3v) is 8.43. The van der Waals surface area contributed by atoms with Crippen molar-refractivity contribution in [2.45, 2.75) is 4.21 Å². The van der Waals surface area contributed by atoms with Gasteiger partial charge in [0.15, 0.2) is 0 Å². The van der Waals surface area contributed by atoms with E-state index in [1.54, 1.807) is 47.4 Å². The predicted octanol–water partition coefficient (Wildman–Crippen LogP) is 2.84. The van der Waals surface area contributed by atoms with Crippen LogP contribution in [0, 0.1) is 0 Å². The van der Waals surface area contributed by atoms with Crippen molar-refractivity contribution in [3.8, 4) is 0 Å². The first-order valence-corrected chi connectivity index (χ1v) is 11.8. The number of esters is 1. The molecule has 29 heavy (non-hydrogen) atoms. The van der Waals surface area contributed by atoms with Crippen molar-refractivity contribution >= 4 is 55.2 Å². The van der Waals surface area contributed by atoms with Gasteiger partial charge in [-0.2, -0.15) is 4.31 Å². The Morgan fingerprint density at radius 2 is 1.72 bits per heavy atom. The van der Waals surface area contributed by atoms with Crippen LogP contribution in [0.5, 0.6) is 0 Å². The second kappa shape index (κ2) is 9.21. The van der Waals surface area contributed by atoms with Gasteiger partial charge in [0.05, 0.1) is 16.5 Å². The number of methoxy groups -OCH3 is 1. The summed E-state index contributed by atoms with van der Waals surface area (Å²) in [5.41, 5.74) is 1.21. The van der Waals surface area contributed by atoms with E-state index in [4.69, 9.17) is 0 Å². The molecule has 0 atom stereocenters. The van der Waals surface area contributed by atoms with Crippen LogP contribution in [0.2, 0.25) is 0 Å². The molecule has 1 saturated heterocycles. The molecule has 0 N–H and O–H groups in total. The molecule has 0 unspecified atom stereocenters. The molecule has 0 saturated carbocycles. The summed E-state index contributed by atoms with van der Waals surface area (Å²) in [6.45, 7) is 1.17. The molecule has 154 valence electrons. The van der Waals surface area contributed by atoms with Crippen molar-refractivity contribution in [2.24, 2.45) is 0 Å². The largest absolute Gasteiger partial charge is 0.465 e. The third kappa shape index (κ3) is 5.13. The normalized spacial score (nSPS) is 15.6. The molecular weight excluding hydrogens is 480 g/mol. The van der Waals surface area contributed by atoms with Gasteiger partial charge in [-0.1, -0.05) is 12.1 Å². The van der Waals surface area contributed by atoms with Gasteiger partial charge in [0.25, 0.3) is 10.0 Å². The SMILES string of the molecule is COC(=O)c1ccc(C=CC(=O)N2CCN(S(=O)(=O)c3ccc(Br)s3)CC2)cc1. The fourth-order valence-corrected chi connectivity index (χ4v) is 6.42. The number of hydrogen-bond acceptors (Lipinski definition) is 6. The van der Waals surface area contributed by atoms with Crippen LogP contribution in [0.25, 0.3) is 6.08 Å². The number of sulfonamides is 1. The van der Waals surface area contributed by atoms with E-state index in [0.29, 0.717) is 22.9 Å². The first-order chi connectivity index (χ1) is 13.8. The molecule has 0 radical (unpaired) electrons. The second-order valence-electron chi connectivity index (χ2n) is 6.23. The van der Waals surface area contributed by atoms with Crippen LogP contribution in [0.4, 0.5) is 0 Å². The number of piperazine rings is 1. The maximum atomic E-state index is 12.7. The van der Waals surface area contributed by atoms with E-state index in [9.17, 15) is 18.0 Å². The van der Waals surface area contributed by atoms with Gasteiger partial charge in [-0.05, 0) is 51.8 Å². The summed E-state index contributed by atoms with van der Waals surface area (Å²) in [5.74, 6) is -0.600. The van der Waals surface area contributed by atoms with Crippen LogP contribution in [0.3, 0.4) is 0 Å². The zero-order valence-corrected chi connectivity index (χ0v) is 18.8. The lowest BCUT2D eigenvalue weighted by atomic mass is 10.1. The Hall–Kier alpha value is -2.01. The van der Waals surface area contributed by atoms with E-state index < -0.39 is 16.0 Å². The molecule has 0 spiro atoms. The van der Waals surface area contributed by atoms with Crippen LogP contribution in [0.1, 0.15) is 15.9 Å². The van der Waals surface area contributed by atoms with Crippen LogP contribution >= 0.6 is 27.3 Å². The van der Waals surface area contributed by atoms with Gasteiger partial charge in [-0.15, -0.1) is 11.3 Å². The number of carbonyl (C=O) groups excluding carboxylic acids is 2. The van der Waals surface area contributed by atoms with E-state index in [-0.39, 0.29) is 19.0 Å². The molecule has 2 heterocycles. The van der Waals surface area contributed by atoms with Crippen molar-refractivity contribution in [1.29, 1.82) is 0 Å². The predicted molar refractivity (Wildman–Crippen MR) is 114 cm³/mol. The summed E-state index contributed by atoms with van der Waals surface area (Å²) in [4.78, 5) is 25.5. The maximum Gasteiger partial charge on any atom is 0.337 e. The maximum absolute atomic E-state index is 12.7. The Kier molecular flexibility index (Phi) is 6.89. The Labute approximate surface area is 181 Å². The minimum atomic E-state index is -3.53. The van der Waals surface area contributed by atoms with Gasteiger partial charge >= 0.3 is 5.97 Å². The molecule has 10 heteroatoms. The zero-order valence-electron chi connectivity index (χ0n) is 15.6. The van der Waals surface area contributed by atoms with Crippen LogP contribution in [-0.2, 0) is 19.6 Å². The average Bonchev–Trinajstić information content (AvgIpc) is 3.19. The van der Waals surface area contributed by atoms with Crippen molar-refractivity contribution in [1.82, 2.24) is 9.21 Å². The molecule has 1 amide bonds. The summed E-state index contributed by atoms with van der Waals surface area (Å²) in [6, 6.07) is 9.99. The molecule has 1 aliphatic rings. The van der Waals surface area contributed by atoms with E-state index in [2.05, 4.69) is 20.7 Å². The van der Waals surface area contributed by atoms with Crippen molar-refractivity contribution in [3.63, 3.8) is 0 Å². The van der Waals surface area contributed by atoms with Crippen molar-refractivity contribution in [2.75, 3.05) is 33.3 Å². The number of halogens is 1. The second-order valence-corrected chi connectivity index (χ2v) is 10.9. The number of rotatable bonds is 5. The van der Waals surface area contributed by atoms with Crippen molar-refractivity contribution in [3.05, 3.63) is 57.4 Å². The number of ether oxygens (including phenoxy) is 1. The Morgan fingerprint density at radius 1 is 1.07 bits per heavy atom. The number of hydrogen-bond donors (Lipinski definition) is 0. The average molecular weight is 499 g/mol. The summed E-state index contributed by atoms with van der Waals surface area (Å²) in [7, 11) is -2.21.